The second-order valence-corrected chi connectivity index (χ2v) is 4.45. The van der Waals surface area contributed by atoms with E-state index in [1.54, 1.807) is 18.2 Å². The molecule has 0 saturated carbocycles. The average Bonchev–Trinajstić information content (AvgIpc) is 2.43. The van der Waals surface area contributed by atoms with Crippen molar-refractivity contribution in [1.82, 2.24) is 0 Å². The smallest absolute Gasteiger partial charge is 0.319 e. The van der Waals surface area contributed by atoms with Crippen molar-refractivity contribution in [3.63, 3.8) is 0 Å². The Morgan fingerprint density at radius 3 is 2.00 bits per heavy atom. The lowest BCUT2D eigenvalue weighted by Crippen LogP contribution is -1.92. The molecule has 0 spiro atoms. The van der Waals surface area contributed by atoms with Gasteiger partial charge in [0.2, 0.25) is 0 Å². The van der Waals surface area contributed by atoms with Gasteiger partial charge in [-0.2, -0.15) is 8.42 Å². The van der Waals surface area contributed by atoms with Crippen LogP contribution in [0.2, 0.25) is 0 Å². The van der Waals surface area contributed by atoms with Crippen LogP contribution in [0.15, 0.2) is 59.0 Å². The van der Waals surface area contributed by atoms with E-state index < -0.39 is 16.4 Å². The van der Waals surface area contributed by atoms with Crippen molar-refractivity contribution in [3.8, 4) is 0 Å². The minimum atomic E-state index is -2.67. The SMILES string of the molecule is Cc1ccccc1N.O=C(N=S(=O)=O)c1ccccc1. The molecule has 2 aromatic carbocycles. The summed E-state index contributed by atoms with van der Waals surface area (Å²) in [5.41, 5.74) is 7.80. The Balaban J connectivity index is 0.000000217. The lowest BCUT2D eigenvalue weighted by atomic mass is 10.2. The summed E-state index contributed by atoms with van der Waals surface area (Å²) in [4.78, 5) is 10.9. The van der Waals surface area contributed by atoms with E-state index in [0.717, 1.165) is 11.3 Å². The summed E-state index contributed by atoms with van der Waals surface area (Å²) in [7, 11) is -2.67. The molecule has 2 N–H and O–H groups in total. The van der Waals surface area contributed by atoms with Gasteiger partial charge in [0.1, 0.15) is 0 Å². The zero-order valence-electron chi connectivity index (χ0n) is 10.9. The van der Waals surface area contributed by atoms with Gasteiger partial charge in [-0.3, -0.25) is 4.79 Å². The third-order valence-electron chi connectivity index (χ3n) is 2.37. The van der Waals surface area contributed by atoms with Gasteiger partial charge in [-0.05, 0) is 30.7 Å². The van der Waals surface area contributed by atoms with Gasteiger partial charge >= 0.3 is 10.5 Å². The Morgan fingerprint density at radius 1 is 1.00 bits per heavy atom. The number of nitrogen functional groups attached to an aromatic ring is 1. The van der Waals surface area contributed by atoms with Crippen LogP contribution in [0, 0.1) is 6.92 Å². The van der Waals surface area contributed by atoms with Gasteiger partial charge < -0.3 is 5.73 Å². The number of para-hydroxylation sites is 1. The van der Waals surface area contributed by atoms with Crippen LogP contribution < -0.4 is 5.73 Å². The van der Waals surface area contributed by atoms with Crippen molar-refractivity contribution < 1.29 is 13.2 Å². The number of benzene rings is 2. The number of anilines is 1. The van der Waals surface area contributed by atoms with Crippen LogP contribution in [0.4, 0.5) is 5.69 Å². The summed E-state index contributed by atoms with van der Waals surface area (Å²) in [6.07, 6.45) is 0. The van der Waals surface area contributed by atoms with E-state index in [2.05, 4.69) is 4.36 Å². The number of hydrogen-bond donors (Lipinski definition) is 1. The Kier molecular flexibility index (Phi) is 6.12. The molecule has 2 rings (SSSR count). The van der Waals surface area contributed by atoms with E-state index in [0.29, 0.717) is 0 Å². The first-order valence-corrected chi connectivity index (χ1v) is 6.75. The van der Waals surface area contributed by atoms with Gasteiger partial charge in [0.05, 0.1) is 0 Å². The molecule has 0 aliphatic rings. The third kappa shape index (κ3) is 5.45. The molecule has 2 aromatic rings. The molecule has 0 radical (unpaired) electrons. The second-order valence-electron chi connectivity index (χ2n) is 3.84. The lowest BCUT2D eigenvalue weighted by molar-refractivity contribution is 0.100. The van der Waals surface area contributed by atoms with E-state index in [1.165, 1.54) is 12.1 Å². The monoisotopic (exact) mass is 290 g/mol. The fourth-order valence-corrected chi connectivity index (χ4v) is 1.53. The van der Waals surface area contributed by atoms with Gasteiger partial charge in [-0.15, -0.1) is 0 Å². The Bertz CT molecular complexity index is 681. The van der Waals surface area contributed by atoms with Crippen LogP contribution in [0.5, 0.6) is 0 Å². The first-order chi connectivity index (χ1) is 9.50. The van der Waals surface area contributed by atoms with Gasteiger partial charge in [-0.1, -0.05) is 40.8 Å². The Morgan fingerprint density at radius 2 is 1.55 bits per heavy atom. The van der Waals surface area contributed by atoms with Crippen molar-refractivity contribution in [1.29, 1.82) is 0 Å². The predicted molar refractivity (Wildman–Crippen MR) is 77.7 cm³/mol. The van der Waals surface area contributed by atoms with E-state index in [-0.39, 0.29) is 5.56 Å². The van der Waals surface area contributed by atoms with Gasteiger partial charge in [0, 0.05) is 11.3 Å². The van der Waals surface area contributed by atoms with Crippen LogP contribution in [-0.4, -0.2) is 14.3 Å². The largest absolute Gasteiger partial charge is 0.399 e. The predicted octanol–water partition coefficient (Wildman–Crippen LogP) is 2.47. The van der Waals surface area contributed by atoms with Gasteiger partial charge in [-0.25, -0.2) is 0 Å². The maximum atomic E-state index is 10.9. The first kappa shape index (κ1) is 15.6. The number of carbonyl (C=O) groups is 1. The molecular weight excluding hydrogens is 276 g/mol. The quantitative estimate of drug-likeness (QED) is 0.817. The number of amides is 1. The maximum absolute atomic E-state index is 10.9. The highest BCUT2D eigenvalue weighted by molar-refractivity contribution is 7.62. The highest BCUT2D eigenvalue weighted by Crippen LogP contribution is 2.06. The lowest BCUT2D eigenvalue weighted by Gasteiger charge is -1.93. The number of hydrogen-bond acceptors (Lipinski definition) is 4. The van der Waals surface area contributed by atoms with Crippen LogP contribution in [0.25, 0.3) is 0 Å². The summed E-state index contributed by atoms with van der Waals surface area (Å²) >= 11 is 0. The molecule has 0 bridgehead atoms. The molecule has 1 amide bonds. The number of carbonyl (C=O) groups excluding carboxylic acids is 1. The molecule has 20 heavy (non-hydrogen) atoms. The highest BCUT2D eigenvalue weighted by Gasteiger charge is 2.01. The van der Waals surface area contributed by atoms with Crippen LogP contribution in [0.1, 0.15) is 15.9 Å². The molecule has 0 atom stereocenters. The van der Waals surface area contributed by atoms with Crippen LogP contribution in [-0.2, 0) is 10.5 Å². The van der Waals surface area contributed by atoms with E-state index in [1.807, 2.05) is 31.2 Å². The summed E-state index contributed by atoms with van der Waals surface area (Å²) in [6, 6.07) is 15.8. The third-order valence-corrected chi connectivity index (χ3v) is 2.68. The molecule has 6 heteroatoms. The normalized spacial score (nSPS) is 9.05. The highest BCUT2D eigenvalue weighted by atomic mass is 32.2. The molecule has 0 heterocycles. The Hall–Kier alpha value is -2.47. The van der Waals surface area contributed by atoms with Crippen molar-refractivity contribution >= 4 is 22.1 Å². The Labute approximate surface area is 118 Å². The summed E-state index contributed by atoms with van der Waals surface area (Å²) in [5.74, 6) is -0.746. The minimum Gasteiger partial charge on any atom is -0.399 e. The van der Waals surface area contributed by atoms with E-state index in [4.69, 9.17) is 5.73 Å². The van der Waals surface area contributed by atoms with Crippen molar-refractivity contribution in [3.05, 3.63) is 65.7 Å². The summed E-state index contributed by atoms with van der Waals surface area (Å²) in [5, 5.41) is 0. The molecule has 104 valence electrons. The fraction of sp³-hybridized carbons (Fsp3) is 0.0714. The molecular formula is C14H14N2O3S. The van der Waals surface area contributed by atoms with Gasteiger partial charge in [0.25, 0.3) is 5.91 Å². The summed E-state index contributed by atoms with van der Waals surface area (Å²) < 4.78 is 22.8. The van der Waals surface area contributed by atoms with Gasteiger partial charge in [0.15, 0.2) is 0 Å². The topological polar surface area (TPSA) is 89.6 Å². The molecule has 0 aliphatic carbocycles. The zero-order valence-corrected chi connectivity index (χ0v) is 11.7. The summed E-state index contributed by atoms with van der Waals surface area (Å²) in [6.45, 7) is 2.00. The van der Waals surface area contributed by atoms with Crippen LogP contribution in [0.3, 0.4) is 0 Å². The number of rotatable bonds is 1. The second kappa shape index (κ2) is 7.85. The molecule has 0 aromatic heterocycles. The van der Waals surface area contributed by atoms with Crippen molar-refractivity contribution in [2.45, 2.75) is 6.92 Å². The average molecular weight is 290 g/mol. The number of aryl methyl sites for hydroxylation is 1. The number of nitrogens with zero attached hydrogens (tertiary/aromatic N) is 1. The molecule has 0 aliphatic heterocycles. The maximum Gasteiger partial charge on any atom is 0.319 e. The molecule has 5 nitrogen and oxygen atoms in total. The standard InChI is InChI=1S/C7H5NO3S.C7H9N/c9-7(8-12(10)11)6-4-2-1-3-5-6;1-6-4-2-3-5-7(6)8/h1-5H;2-5H,8H2,1H3. The fourth-order valence-electron chi connectivity index (χ4n) is 1.29. The first-order valence-electron chi connectivity index (χ1n) is 5.72. The van der Waals surface area contributed by atoms with Crippen molar-refractivity contribution in [2.75, 3.05) is 5.73 Å². The zero-order chi connectivity index (χ0) is 15.0. The van der Waals surface area contributed by atoms with E-state index >= 15 is 0 Å². The molecule has 0 saturated heterocycles. The molecule has 0 unspecified atom stereocenters. The molecule has 0 fully saturated rings. The minimum absolute atomic E-state index is 0.265. The van der Waals surface area contributed by atoms with E-state index in [9.17, 15) is 13.2 Å². The number of nitrogens with two attached hydrogens (primary N) is 1. The van der Waals surface area contributed by atoms with Crippen LogP contribution >= 0.6 is 0 Å². The van der Waals surface area contributed by atoms with Crippen molar-refractivity contribution in [2.24, 2.45) is 4.36 Å².